The second-order valence-corrected chi connectivity index (χ2v) is 10.1. The largest absolute Gasteiger partial charge is 0.497 e. The molecule has 0 radical (unpaired) electrons. The Kier molecular flexibility index (Phi) is 9.41. The van der Waals surface area contributed by atoms with Gasteiger partial charge in [0, 0.05) is 48.8 Å². The van der Waals surface area contributed by atoms with Crippen LogP contribution in [0.1, 0.15) is 34.6 Å². The van der Waals surface area contributed by atoms with Gasteiger partial charge in [-0.05, 0) is 61.5 Å². The minimum absolute atomic E-state index is 0.177. The second kappa shape index (κ2) is 13.1. The highest BCUT2D eigenvalue weighted by Crippen LogP contribution is 2.31. The van der Waals surface area contributed by atoms with Crippen molar-refractivity contribution in [2.24, 2.45) is 5.92 Å². The summed E-state index contributed by atoms with van der Waals surface area (Å²) >= 11 is 0. The molecule has 0 saturated carbocycles. The summed E-state index contributed by atoms with van der Waals surface area (Å²) < 4.78 is 11.5. The maximum Gasteiger partial charge on any atom is 0.321 e. The standard InChI is InChI=1S/C30H35N5O6/c1-19-16-35(20(2)18-36)29(38)25-15-23(32-28(37)21-11-13-31-14-12-21)7-10-26(25)41-27(19)17-34(3)30(39)33-22-5-8-24(40-4)9-6-22/h5-15,19-20,27,36H,16-18H2,1-4H3,(H,32,37)(H,33,39)/t19-,20-,27-/m1/s1. The molecule has 41 heavy (non-hydrogen) atoms. The van der Waals surface area contributed by atoms with Crippen LogP contribution in [0.5, 0.6) is 11.5 Å². The summed E-state index contributed by atoms with van der Waals surface area (Å²) in [6.45, 7) is 4.02. The Morgan fingerprint density at radius 3 is 2.46 bits per heavy atom. The average molecular weight is 562 g/mol. The molecule has 3 atom stereocenters. The van der Waals surface area contributed by atoms with Crippen LogP contribution in [-0.4, -0.2) is 83.7 Å². The highest BCUT2D eigenvalue weighted by atomic mass is 16.5. The highest BCUT2D eigenvalue weighted by Gasteiger charge is 2.34. The highest BCUT2D eigenvalue weighted by molar-refractivity contribution is 6.05. The number of likely N-dealkylation sites (N-methyl/N-ethyl adjacent to an activating group) is 1. The first-order chi connectivity index (χ1) is 19.7. The topological polar surface area (TPSA) is 133 Å². The number of hydrogen-bond donors (Lipinski definition) is 3. The zero-order chi connectivity index (χ0) is 29.5. The predicted octanol–water partition coefficient (Wildman–Crippen LogP) is 3.73. The number of fused-ring (bicyclic) bond motifs is 1. The van der Waals surface area contributed by atoms with E-state index in [-0.39, 0.29) is 42.5 Å². The van der Waals surface area contributed by atoms with Crippen molar-refractivity contribution >= 4 is 29.2 Å². The van der Waals surface area contributed by atoms with Crippen LogP contribution in [0.2, 0.25) is 0 Å². The number of amides is 4. The van der Waals surface area contributed by atoms with Gasteiger partial charge in [-0.1, -0.05) is 6.92 Å². The number of pyridine rings is 1. The van der Waals surface area contributed by atoms with Gasteiger partial charge in [-0.25, -0.2) is 4.79 Å². The van der Waals surface area contributed by atoms with E-state index < -0.39 is 12.1 Å². The fourth-order valence-electron chi connectivity index (χ4n) is 4.47. The molecule has 11 heteroatoms. The third kappa shape index (κ3) is 7.12. The smallest absolute Gasteiger partial charge is 0.321 e. The Bertz CT molecular complexity index is 1370. The number of aliphatic hydroxyl groups is 1. The molecule has 0 aliphatic carbocycles. The summed E-state index contributed by atoms with van der Waals surface area (Å²) in [6, 6.07) is 14.3. The molecule has 0 fully saturated rings. The Balaban J connectivity index is 1.56. The van der Waals surface area contributed by atoms with Crippen molar-refractivity contribution in [2.75, 3.05) is 44.5 Å². The molecular weight excluding hydrogens is 526 g/mol. The molecule has 0 bridgehead atoms. The quantitative estimate of drug-likeness (QED) is 0.382. The second-order valence-electron chi connectivity index (χ2n) is 10.1. The molecule has 3 N–H and O–H groups in total. The molecule has 3 aromatic rings. The lowest BCUT2D eigenvalue weighted by Crippen LogP contribution is -2.50. The zero-order valence-electron chi connectivity index (χ0n) is 23.5. The average Bonchev–Trinajstić information content (AvgIpc) is 2.99. The number of aromatic nitrogens is 1. The molecule has 1 aliphatic heterocycles. The predicted molar refractivity (Wildman–Crippen MR) is 154 cm³/mol. The third-order valence-corrected chi connectivity index (χ3v) is 7.01. The van der Waals surface area contributed by atoms with Crippen molar-refractivity contribution < 1.29 is 29.0 Å². The molecule has 0 spiro atoms. The molecule has 1 aliphatic rings. The van der Waals surface area contributed by atoms with E-state index in [1.165, 1.54) is 17.3 Å². The first-order valence-electron chi connectivity index (χ1n) is 13.3. The number of nitrogens with zero attached hydrogens (tertiary/aromatic N) is 3. The summed E-state index contributed by atoms with van der Waals surface area (Å²) in [4.78, 5) is 46.4. The number of benzene rings is 2. The van der Waals surface area contributed by atoms with Crippen molar-refractivity contribution in [1.82, 2.24) is 14.8 Å². The maximum absolute atomic E-state index is 13.7. The molecule has 216 valence electrons. The van der Waals surface area contributed by atoms with Gasteiger partial charge < -0.3 is 35.0 Å². The number of rotatable bonds is 8. The molecule has 2 aromatic carbocycles. The molecule has 4 rings (SSSR count). The van der Waals surface area contributed by atoms with E-state index in [2.05, 4.69) is 15.6 Å². The number of anilines is 2. The number of aliphatic hydroxyl groups excluding tert-OH is 1. The Hall–Kier alpha value is -4.64. The molecule has 2 heterocycles. The van der Waals surface area contributed by atoms with E-state index >= 15 is 0 Å². The van der Waals surface area contributed by atoms with E-state index in [1.807, 2.05) is 6.92 Å². The van der Waals surface area contributed by atoms with Gasteiger partial charge in [-0.2, -0.15) is 0 Å². The number of urea groups is 1. The molecule has 0 unspecified atom stereocenters. The number of methoxy groups -OCH3 is 1. The number of ether oxygens (including phenoxy) is 2. The fourth-order valence-corrected chi connectivity index (χ4v) is 4.47. The van der Waals surface area contributed by atoms with Gasteiger partial charge in [0.2, 0.25) is 0 Å². The fraction of sp³-hybridized carbons (Fsp3) is 0.333. The maximum atomic E-state index is 13.7. The number of carbonyl (C=O) groups excluding carboxylic acids is 3. The molecule has 4 amide bonds. The lowest BCUT2D eigenvalue weighted by atomic mass is 9.99. The van der Waals surface area contributed by atoms with E-state index in [1.54, 1.807) is 80.6 Å². The van der Waals surface area contributed by atoms with Gasteiger partial charge in [0.1, 0.15) is 17.6 Å². The summed E-state index contributed by atoms with van der Waals surface area (Å²) in [5, 5.41) is 15.6. The van der Waals surface area contributed by atoms with Gasteiger partial charge in [-0.3, -0.25) is 14.6 Å². The van der Waals surface area contributed by atoms with Crippen LogP contribution in [0.3, 0.4) is 0 Å². The molecular formula is C30H35N5O6. The molecule has 11 nitrogen and oxygen atoms in total. The summed E-state index contributed by atoms with van der Waals surface area (Å²) in [6.07, 6.45) is 2.58. The van der Waals surface area contributed by atoms with Crippen molar-refractivity contribution in [2.45, 2.75) is 26.0 Å². The monoisotopic (exact) mass is 561 g/mol. The first kappa shape index (κ1) is 29.3. The van der Waals surface area contributed by atoms with Crippen LogP contribution in [0, 0.1) is 5.92 Å². The summed E-state index contributed by atoms with van der Waals surface area (Å²) in [5.74, 6) is 0.166. The number of nitrogens with one attached hydrogen (secondary N) is 2. The Morgan fingerprint density at radius 2 is 1.80 bits per heavy atom. The van der Waals surface area contributed by atoms with E-state index in [4.69, 9.17) is 9.47 Å². The van der Waals surface area contributed by atoms with Gasteiger partial charge in [-0.15, -0.1) is 0 Å². The van der Waals surface area contributed by atoms with Gasteiger partial charge >= 0.3 is 6.03 Å². The Morgan fingerprint density at radius 1 is 1.12 bits per heavy atom. The lowest BCUT2D eigenvalue weighted by molar-refractivity contribution is 0.0371. The Labute approximate surface area is 239 Å². The van der Waals surface area contributed by atoms with Crippen molar-refractivity contribution in [3.63, 3.8) is 0 Å². The summed E-state index contributed by atoms with van der Waals surface area (Å²) in [5.41, 5.74) is 1.71. The van der Waals surface area contributed by atoms with E-state index in [9.17, 15) is 19.5 Å². The van der Waals surface area contributed by atoms with Crippen LogP contribution < -0.4 is 20.1 Å². The number of hydrogen-bond acceptors (Lipinski definition) is 7. The first-order valence-corrected chi connectivity index (χ1v) is 13.3. The van der Waals surface area contributed by atoms with Crippen LogP contribution in [0.15, 0.2) is 67.0 Å². The van der Waals surface area contributed by atoms with Crippen LogP contribution >= 0.6 is 0 Å². The minimum Gasteiger partial charge on any atom is -0.497 e. The van der Waals surface area contributed by atoms with Crippen molar-refractivity contribution in [1.29, 1.82) is 0 Å². The number of carbonyl (C=O) groups is 3. The van der Waals surface area contributed by atoms with Gasteiger partial charge in [0.15, 0.2) is 0 Å². The van der Waals surface area contributed by atoms with Gasteiger partial charge in [0.25, 0.3) is 11.8 Å². The van der Waals surface area contributed by atoms with Crippen molar-refractivity contribution in [3.05, 3.63) is 78.1 Å². The normalized spacial score (nSPS) is 17.3. The molecule has 0 saturated heterocycles. The third-order valence-electron chi connectivity index (χ3n) is 7.01. The zero-order valence-corrected chi connectivity index (χ0v) is 23.5. The lowest BCUT2D eigenvalue weighted by Gasteiger charge is -2.38. The minimum atomic E-state index is -0.473. The SMILES string of the molecule is COc1ccc(NC(=O)N(C)C[C@H]2Oc3ccc(NC(=O)c4ccncc4)cc3C(=O)N([C@H](C)CO)C[C@H]2C)cc1. The van der Waals surface area contributed by atoms with Crippen LogP contribution in [0.4, 0.5) is 16.2 Å². The van der Waals surface area contributed by atoms with Crippen LogP contribution in [0.25, 0.3) is 0 Å². The van der Waals surface area contributed by atoms with Crippen LogP contribution in [-0.2, 0) is 0 Å². The van der Waals surface area contributed by atoms with E-state index in [0.717, 1.165) is 0 Å². The molecule has 1 aromatic heterocycles. The van der Waals surface area contributed by atoms with E-state index in [0.29, 0.717) is 35.0 Å². The van der Waals surface area contributed by atoms with Gasteiger partial charge in [0.05, 0.1) is 31.9 Å². The summed E-state index contributed by atoms with van der Waals surface area (Å²) in [7, 11) is 3.25. The van der Waals surface area contributed by atoms with Crippen molar-refractivity contribution in [3.8, 4) is 11.5 Å².